The Morgan fingerprint density at radius 1 is 1.35 bits per heavy atom. The van der Waals surface area contributed by atoms with Gasteiger partial charge in [0, 0.05) is 0 Å². The number of rotatable bonds is 2. The number of hydrogen-bond donors (Lipinski definition) is 4. The second-order valence-corrected chi connectivity index (χ2v) is 4.75. The number of imidazole rings is 1. The monoisotopic (exact) mass is 301 g/mol. The molecule has 1 saturated heterocycles. The van der Waals surface area contributed by atoms with Crippen LogP contribution in [0, 0.1) is 0 Å². The highest BCUT2D eigenvalue weighted by Gasteiger charge is 2.44. The number of ether oxygens (including phenoxy) is 1. The molecule has 1 aliphatic rings. The quantitative estimate of drug-likeness (QED) is 0.500. The van der Waals surface area contributed by atoms with Crippen LogP contribution in [0.5, 0.6) is 0 Å². The van der Waals surface area contributed by atoms with E-state index in [0.717, 1.165) is 0 Å². The topological polar surface area (TPSA) is 140 Å². The van der Waals surface area contributed by atoms with Crippen molar-refractivity contribution in [2.45, 2.75) is 24.5 Å². The van der Waals surface area contributed by atoms with Crippen LogP contribution in [-0.4, -0.2) is 59.8 Å². The van der Waals surface area contributed by atoms with Gasteiger partial charge in [0.05, 0.1) is 6.61 Å². The van der Waals surface area contributed by atoms with E-state index in [0.29, 0.717) is 0 Å². The molecule has 0 saturated carbocycles. The van der Waals surface area contributed by atoms with Gasteiger partial charge in [-0.25, -0.2) is 15.0 Å². The van der Waals surface area contributed by atoms with E-state index in [2.05, 4.69) is 15.0 Å². The van der Waals surface area contributed by atoms with Gasteiger partial charge >= 0.3 is 0 Å². The number of nitrogens with two attached hydrogens (primary N) is 1. The summed E-state index contributed by atoms with van der Waals surface area (Å²) in [7, 11) is 0. The molecule has 0 radical (unpaired) electrons. The summed E-state index contributed by atoms with van der Waals surface area (Å²) in [6, 6.07) is 0. The molecule has 1 fully saturated rings. The lowest BCUT2D eigenvalue weighted by Crippen LogP contribution is -2.33. The predicted molar refractivity (Wildman–Crippen MR) is 67.8 cm³/mol. The molecule has 2 aromatic rings. The van der Waals surface area contributed by atoms with Gasteiger partial charge in [0.15, 0.2) is 23.2 Å². The Bertz CT molecular complexity index is 650. The molecule has 3 heterocycles. The van der Waals surface area contributed by atoms with Gasteiger partial charge in [0.1, 0.15) is 24.6 Å². The maximum absolute atomic E-state index is 10.0. The van der Waals surface area contributed by atoms with Gasteiger partial charge in [-0.2, -0.15) is 0 Å². The largest absolute Gasteiger partial charge is 0.394 e. The predicted octanol–water partition coefficient (Wildman–Crippen LogP) is -1.33. The molecule has 0 bridgehead atoms. The first kappa shape index (κ1) is 13.5. The maximum Gasteiger partial charge on any atom is 0.207 e. The van der Waals surface area contributed by atoms with E-state index in [1.807, 2.05) is 0 Å². The molecule has 1 aliphatic heterocycles. The molecule has 0 amide bonds. The van der Waals surface area contributed by atoms with Crippen LogP contribution in [0.4, 0.5) is 5.82 Å². The van der Waals surface area contributed by atoms with Crippen LogP contribution in [0.25, 0.3) is 11.2 Å². The zero-order valence-electron chi connectivity index (χ0n) is 10.1. The number of aromatic nitrogens is 4. The van der Waals surface area contributed by atoms with Crippen molar-refractivity contribution >= 4 is 28.6 Å². The fourth-order valence-electron chi connectivity index (χ4n) is 2.22. The molecule has 3 rings (SSSR count). The number of halogens is 1. The zero-order valence-corrected chi connectivity index (χ0v) is 10.8. The summed E-state index contributed by atoms with van der Waals surface area (Å²) >= 11 is 6.02. The molecule has 0 aromatic carbocycles. The van der Waals surface area contributed by atoms with Crippen molar-refractivity contribution in [1.82, 2.24) is 19.5 Å². The highest BCUT2D eigenvalue weighted by Crippen LogP contribution is 2.34. The molecule has 4 atom stereocenters. The molecule has 10 heteroatoms. The molecular formula is C10H12ClN5O4. The van der Waals surface area contributed by atoms with E-state index in [1.54, 1.807) is 0 Å². The van der Waals surface area contributed by atoms with Crippen LogP contribution in [0.2, 0.25) is 5.28 Å². The van der Waals surface area contributed by atoms with Gasteiger partial charge in [-0.1, -0.05) is 0 Å². The zero-order chi connectivity index (χ0) is 14.4. The van der Waals surface area contributed by atoms with Crippen molar-refractivity contribution in [1.29, 1.82) is 0 Å². The molecule has 0 unspecified atom stereocenters. The first-order valence-electron chi connectivity index (χ1n) is 5.81. The Balaban J connectivity index is 2.11. The minimum Gasteiger partial charge on any atom is -0.394 e. The Hall–Kier alpha value is -1.52. The van der Waals surface area contributed by atoms with Gasteiger partial charge in [-0.3, -0.25) is 4.57 Å². The SMILES string of the molecule is Nc1ncnc2c1nc(Cl)n2[C@@H]1O[C@H](CO)[C@@H](O)[C@H]1O. The number of nitrogens with zero attached hydrogens (tertiary/aromatic N) is 4. The lowest BCUT2D eigenvalue weighted by Gasteiger charge is -2.17. The summed E-state index contributed by atoms with van der Waals surface area (Å²) in [6.07, 6.45) is -3.22. The van der Waals surface area contributed by atoms with Crippen molar-refractivity contribution in [3.8, 4) is 0 Å². The second kappa shape index (κ2) is 4.79. The standard InChI is InChI=1S/C10H12ClN5O4/c11-10-15-4-7(12)13-2-14-8(4)16(10)9-6(19)5(18)3(1-17)20-9/h2-3,5-6,9,17-19H,1H2,(H2,12,13,14)/t3-,5-,6-,9-/m1/s1. The van der Waals surface area contributed by atoms with Gasteiger partial charge in [0.2, 0.25) is 5.28 Å². The number of anilines is 1. The van der Waals surface area contributed by atoms with Crippen LogP contribution in [0.1, 0.15) is 6.23 Å². The summed E-state index contributed by atoms with van der Waals surface area (Å²) in [5.41, 5.74) is 6.22. The molecule has 2 aromatic heterocycles. The van der Waals surface area contributed by atoms with Crippen molar-refractivity contribution < 1.29 is 20.1 Å². The van der Waals surface area contributed by atoms with Crippen molar-refractivity contribution in [2.24, 2.45) is 0 Å². The van der Waals surface area contributed by atoms with Crippen LogP contribution >= 0.6 is 11.6 Å². The Morgan fingerprint density at radius 2 is 2.10 bits per heavy atom. The molecule has 5 N–H and O–H groups in total. The van der Waals surface area contributed by atoms with E-state index in [4.69, 9.17) is 27.2 Å². The van der Waals surface area contributed by atoms with E-state index in [1.165, 1.54) is 10.9 Å². The van der Waals surface area contributed by atoms with Crippen molar-refractivity contribution in [2.75, 3.05) is 12.3 Å². The molecular weight excluding hydrogens is 290 g/mol. The van der Waals surface area contributed by atoms with Gasteiger partial charge in [0.25, 0.3) is 0 Å². The smallest absolute Gasteiger partial charge is 0.207 e. The minimum atomic E-state index is -1.28. The lowest BCUT2D eigenvalue weighted by molar-refractivity contribution is -0.0509. The summed E-state index contributed by atoms with van der Waals surface area (Å²) in [5.74, 6) is 0.141. The highest BCUT2D eigenvalue weighted by molar-refractivity contribution is 6.29. The Kier molecular flexibility index (Phi) is 3.22. The minimum absolute atomic E-state index is 0.0120. The number of aliphatic hydroxyl groups is 3. The van der Waals surface area contributed by atoms with Crippen molar-refractivity contribution in [3.63, 3.8) is 0 Å². The molecule has 20 heavy (non-hydrogen) atoms. The fourth-order valence-corrected chi connectivity index (χ4v) is 2.48. The maximum atomic E-state index is 10.0. The molecule has 108 valence electrons. The normalized spacial score (nSPS) is 30.2. The third-order valence-electron chi connectivity index (χ3n) is 3.23. The number of fused-ring (bicyclic) bond motifs is 1. The lowest BCUT2D eigenvalue weighted by atomic mass is 10.1. The van der Waals surface area contributed by atoms with E-state index in [9.17, 15) is 10.2 Å². The van der Waals surface area contributed by atoms with Gasteiger partial charge in [-0.15, -0.1) is 0 Å². The summed E-state index contributed by atoms with van der Waals surface area (Å²) in [4.78, 5) is 11.8. The summed E-state index contributed by atoms with van der Waals surface area (Å²) < 4.78 is 6.70. The number of nitrogen functional groups attached to an aromatic ring is 1. The summed E-state index contributed by atoms with van der Waals surface area (Å²) in [6.45, 7) is -0.434. The van der Waals surface area contributed by atoms with Crippen LogP contribution in [0.15, 0.2) is 6.33 Å². The molecule has 0 aliphatic carbocycles. The average molecular weight is 302 g/mol. The second-order valence-electron chi connectivity index (χ2n) is 4.41. The van der Waals surface area contributed by atoms with Crippen LogP contribution in [0.3, 0.4) is 0 Å². The fraction of sp³-hybridized carbons (Fsp3) is 0.500. The third-order valence-corrected chi connectivity index (χ3v) is 3.50. The molecule has 9 nitrogen and oxygen atoms in total. The Morgan fingerprint density at radius 3 is 2.75 bits per heavy atom. The van der Waals surface area contributed by atoms with Gasteiger partial charge in [-0.05, 0) is 11.6 Å². The van der Waals surface area contributed by atoms with E-state index >= 15 is 0 Å². The average Bonchev–Trinajstić information content (AvgIpc) is 2.90. The van der Waals surface area contributed by atoms with E-state index in [-0.39, 0.29) is 22.3 Å². The number of aliphatic hydroxyl groups excluding tert-OH is 3. The molecule has 0 spiro atoms. The Labute approximate surface area is 117 Å². The third kappa shape index (κ3) is 1.83. The first-order valence-corrected chi connectivity index (χ1v) is 6.18. The van der Waals surface area contributed by atoms with E-state index < -0.39 is 31.1 Å². The summed E-state index contributed by atoms with van der Waals surface area (Å²) in [5, 5.41) is 28.9. The van der Waals surface area contributed by atoms with Gasteiger partial charge < -0.3 is 25.8 Å². The van der Waals surface area contributed by atoms with Crippen LogP contribution < -0.4 is 5.73 Å². The van der Waals surface area contributed by atoms with Crippen LogP contribution in [-0.2, 0) is 4.74 Å². The number of hydrogen-bond acceptors (Lipinski definition) is 8. The van der Waals surface area contributed by atoms with Crippen molar-refractivity contribution in [3.05, 3.63) is 11.6 Å². The highest BCUT2D eigenvalue weighted by atomic mass is 35.5. The first-order chi connectivity index (χ1) is 9.54.